The fourth-order valence-electron chi connectivity index (χ4n) is 1.53. The fourth-order valence-corrected chi connectivity index (χ4v) is 1.80. The van der Waals surface area contributed by atoms with Crippen LogP contribution in [0.2, 0.25) is 5.02 Å². The quantitative estimate of drug-likeness (QED) is 0.447. The number of hydrogen-bond donors (Lipinski definition) is 0. The Balaban J connectivity index is 3.23. The van der Waals surface area contributed by atoms with Gasteiger partial charge in [-0.15, -0.1) is 6.58 Å². The first kappa shape index (κ1) is 18.2. The average molecular weight is 325 g/mol. The molecule has 0 saturated heterocycles. The Hall–Kier alpha value is -1.81. The number of carbonyl (C=O) groups excluding carboxylic acids is 2. The molecule has 0 fully saturated rings. The van der Waals surface area contributed by atoms with E-state index in [1.165, 1.54) is 0 Å². The predicted octanol–water partition coefficient (Wildman–Crippen LogP) is 4.19. The maximum absolute atomic E-state index is 11.8. The number of halogens is 1. The third kappa shape index (κ3) is 4.88. The van der Waals surface area contributed by atoms with Gasteiger partial charge in [0.15, 0.2) is 11.5 Å². The largest absolute Gasteiger partial charge is 0.422 e. The average Bonchev–Trinajstić information content (AvgIpc) is 2.42. The molecule has 0 radical (unpaired) electrons. The van der Waals surface area contributed by atoms with Crippen molar-refractivity contribution in [1.29, 1.82) is 0 Å². The SMILES string of the molecule is C=CCc1cc(Cl)c(OC(=O)C(C)C)c(OC(=O)C(C)C)c1. The van der Waals surface area contributed by atoms with Crippen molar-refractivity contribution in [2.24, 2.45) is 11.8 Å². The minimum absolute atomic E-state index is 0.0715. The van der Waals surface area contributed by atoms with E-state index in [-0.39, 0.29) is 28.4 Å². The molecular weight excluding hydrogens is 304 g/mol. The van der Waals surface area contributed by atoms with E-state index in [1.54, 1.807) is 45.9 Å². The highest BCUT2D eigenvalue weighted by atomic mass is 35.5. The Labute approximate surface area is 136 Å². The minimum atomic E-state index is -0.444. The Morgan fingerprint density at radius 2 is 1.68 bits per heavy atom. The molecule has 0 spiro atoms. The number of esters is 2. The Morgan fingerprint density at radius 3 is 2.18 bits per heavy atom. The summed E-state index contributed by atoms with van der Waals surface area (Å²) in [4.78, 5) is 23.6. The van der Waals surface area contributed by atoms with Crippen LogP contribution in [0.3, 0.4) is 0 Å². The lowest BCUT2D eigenvalue weighted by atomic mass is 10.1. The molecule has 0 aromatic heterocycles. The molecule has 120 valence electrons. The van der Waals surface area contributed by atoms with E-state index in [9.17, 15) is 9.59 Å². The van der Waals surface area contributed by atoms with E-state index < -0.39 is 11.9 Å². The summed E-state index contributed by atoms with van der Waals surface area (Å²) in [6.07, 6.45) is 2.27. The highest BCUT2D eigenvalue weighted by Gasteiger charge is 2.21. The van der Waals surface area contributed by atoms with Gasteiger partial charge < -0.3 is 9.47 Å². The van der Waals surface area contributed by atoms with Crippen molar-refractivity contribution in [2.75, 3.05) is 0 Å². The van der Waals surface area contributed by atoms with Crippen molar-refractivity contribution in [3.8, 4) is 11.5 Å². The second-order valence-corrected chi connectivity index (χ2v) is 5.96. The Bertz CT molecular complexity index is 576. The number of allylic oxidation sites excluding steroid dienone is 1. The van der Waals surface area contributed by atoms with Crippen molar-refractivity contribution in [1.82, 2.24) is 0 Å². The van der Waals surface area contributed by atoms with Gasteiger partial charge >= 0.3 is 11.9 Å². The zero-order chi connectivity index (χ0) is 16.9. The van der Waals surface area contributed by atoms with Crippen molar-refractivity contribution in [3.63, 3.8) is 0 Å². The molecule has 0 aliphatic rings. The summed E-state index contributed by atoms with van der Waals surface area (Å²) in [5, 5.41) is 0.222. The van der Waals surface area contributed by atoms with Gasteiger partial charge in [0, 0.05) is 0 Å². The van der Waals surface area contributed by atoms with Crippen molar-refractivity contribution in [3.05, 3.63) is 35.4 Å². The van der Waals surface area contributed by atoms with Gasteiger partial charge in [-0.05, 0) is 24.1 Å². The van der Waals surface area contributed by atoms with Gasteiger partial charge in [0.25, 0.3) is 0 Å². The molecule has 0 aliphatic heterocycles. The molecule has 0 saturated carbocycles. The molecule has 1 aromatic carbocycles. The van der Waals surface area contributed by atoms with Gasteiger partial charge in [-0.3, -0.25) is 9.59 Å². The number of carbonyl (C=O) groups is 2. The number of hydrogen-bond acceptors (Lipinski definition) is 4. The van der Waals surface area contributed by atoms with Crippen LogP contribution in [0.5, 0.6) is 11.5 Å². The standard InChI is InChI=1S/C17H21ClO4/c1-6-7-12-8-13(18)15(22-17(20)11(4)5)14(9-12)21-16(19)10(2)3/h6,8-11H,1,7H2,2-5H3. The Kier molecular flexibility index (Phi) is 6.62. The van der Waals surface area contributed by atoms with Gasteiger partial charge in [0.1, 0.15) is 0 Å². The first-order valence-electron chi connectivity index (χ1n) is 7.13. The molecule has 0 bridgehead atoms. The van der Waals surface area contributed by atoms with Crippen LogP contribution in [0.1, 0.15) is 33.3 Å². The van der Waals surface area contributed by atoms with Crippen LogP contribution in [-0.2, 0) is 16.0 Å². The molecular formula is C17H21ClO4. The molecule has 0 unspecified atom stereocenters. The smallest absolute Gasteiger partial charge is 0.313 e. The normalized spacial score (nSPS) is 10.7. The van der Waals surface area contributed by atoms with Crippen molar-refractivity contribution >= 4 is 23.5 Å². The molecule has 1 rings (SSSR count). The summed E-state index contributed by atoms with van der Waals surface area (Å²) in [7, 11) is 0. The fraction of sp³-hybridized carbons (Fsp3) is 0.412. The van der Waals surface area contributed by atoms with Crippen LogP contribution in [0, 0.1) is 11.8 Å². The molecule has 1 aromatic rings. The first-order valence-corrected chi connectivity index (χ1v) is 7.50. The summed E-state index contributed by atoms with van der Waals surface area (Å²) in [6.45, 7) is 10.5. The van der Waals surface area contributed by atoms with Crippen LogP contribution in [-0.4, -0.2) is 11.9 Å². The van der Waals surface area contributed by atoms with Crippen molar-refractivity contribution < 1.29 is 19.1 Å². The van der Waals surface area contributed by atoms with Crippen LogP contribution < -0.4 is 9.47 Å². The van der Waals surface area contributed by atoms with Gasteiger partial charge in [-0.25, -0.2) is 0 Å². The predicted molar refractivity (Wildman–Crippen MR) is 86.3 cm³/mol. The molecule has 4 nitrogen and oxygen atoms in total. The van der Waals surface area contributed by atoms with Crippen molar-refractivity contribution in [2.45, 2.75) is 34.1 Å². The topological polar surface area (TPSA) is 52.6 Å². The molecule has 22 heavy (non-hydrogen) atoms. The van der Waals surface area contributed by atoms with E-state index in [2.05, 4.69) is 6.58 Å². The van der Waals surface area contributed by atoms with Gasteiger partial charge in [0.2, 0.25) is 0 Å². The maximum atomic E-state index is 11.8. The summed E-state index contributed by atoms with van der Waals surface area (Å²) in [5.74, 6) is -1.28. The third-order valence-electron chi connectivity index (χ3n) is 2.81. The van der Waals surface area contributed by atoms with E-state index >= 15 is 0 Å². The van der Waals surface area contributed by atoms with E-state index in [1.807, 2.05) is 0 Å². The highest BCUT2D eigenvalue weighted by Crippen LogP contribution is 2.37. The second-order valence-electron chi connectivity index (χ2n) is 5.55. The van der Waals surface area contributed by atoms with Gasteiger partial charge in [-0.2, -0.15) is 0 Å². The molecule has 5 heteroatoms. The third-order valence-corrected chi connectivity index (χ3v) is 3.09. The van der Waals surface area contributed by atoms with Crippen LogP contribution in [0.4, 0.5) is 0 Å². The molecule has 0 N–H and O–H groups in total. The van der Waals surface area contributed by atoms with Crippen LogP contribution in [0.25, 0.3) is 0 Å². The van der Waals surface area contributed by atoms with Gasteiger partial charge in [-0.1, -0.05) is 45.4 Å². The van der Waals surface area contributed by atoms with Gasteiger partial charge in [0.05, 0.1) is 16.9 Å². The molecule has 0 amide bonds. The van der Waals surface area contributed by atoms with E-state index in [0.29, 0.717) is 6.42 Å². The monoisotopic (exact) mass is 324 g/mol. The summed E-state index contributed by atoms with van der Waals surface area (Å²) in [6, 6.07) is 3.30. The van der Waals surface area contributed by atoms with Crippen LogP contribution in [0.15, 0.2) is 24.8 Å². The number of rotatable bonds is 6. The van der Waals surface area contributed by atoms with E-state index in [4.69, 9.17) is 21.1 Å². The zero-order valence-electron chi connectivity index (χ0n) is 13.3. The molecule has 0 aliphatic carbocycles. The Morgan fingerprint density at radius 1 is 1.14 bits per heavy atom. The summed E-state index contributed by atoms with van der Waals surface area (Å²) < 4.78 is 10.6. The first-order chi connectivity index (χ1) is 10.3. The lowest BCUT2D eigenvalue weighted by Crippen LogP contribution is -2.18. The highest BCUT2D eigenvalue weighted by molar-refractivity contribution is 6.32. The molecule has 0 heterocycles. The molecule has 0 atom stereocenters. The minimum Gasteiger partial charge on any atom is -0.422 e. The zero-order valence-corrected chi connectivity index (χ0v) is 14.1. The summed E-state index contributed by atoms with van der Waals surface area (Å²) in [5.41, 5.74) is 0.816. The number of benzene rings is 1. The maximum Gasteiger partial charge on any atom is 0.313 e. The number of ether oxygens (including phenoxy) is 2. The summed E-state index contributed by atoms with van der Waals surface area (Å²) >= 11 is 6.18. The second kappa shape index (κ2) is 7.99. The lowest BCUT2D eigenvalue weighted by Gasteiger charge is -2.15. The lowest BCUT2D eigenvalue weighted by molar-refractivity contribution is -0.140. The van der Waals surface area contributed by atoms with Crippen LogP contribution >= 0.6 is 11.6 Å². The van der Waals surface area contributed by atoms with E-state index in [0.717, 1.165) is 5.56 Å².